The first kappa shape index (κ1) is 14.1. The van der Waals surface area contributed by atoms with Gasteiger partial charge in [-0.05, 0) is 20.3 Å². The van der Waals surface area contributed by atoms with E-state index < -0.39 is 5.97 Å². The van der Waals surface area contributed by atoms with Crippen LogP contribution >= 0.6 is 0 Å². The minimum Gasteiger partial charge on any atom is -0.460 e. The topological polar surface area (TPSA) is 55.8 Å². The molecule has 0 aliphatic carbocycles. The van der Waals surface area contributed by atoms with Crippen molar-refractivity contribution >= 4 is 5.97 Å². The maximum atomic E-state index is 11.0. The Morgan fingerprint density at radius 2 is 2.13 bits per heavy atom. The monoisotopic (exact) mass is 216 g/mol. The molecule has 0 aromatic carbocycles. The summed E-state index contributed by atoms with van der Waals surface area (Å²) in [6, 6.07) is 0. The average Bonchev–Trinajstić information content (AvgIpc) is 2.22. The van der Waals surface area contributed by atoms with Crippen molar-refractivity contribution in [2.75, 3.05) is 13.2 Å². The Kier molecular flexibility index (Phi) is 6.99. The van der Waals surface area contributed by atoms with E-state index in [-0.39, 0.29) is 25.4 Å². The first-order valence-electron chi connectivity index (χ1n) is 5.10. The molecular weight excluding hydrogens is 196 g/mol. The van der Waals surface area contributed by atoms with E-state index >= 15 is 0 Å². The first-order valence-corrected chi connectivity index (χ1v) is 5.10. The molecular formula is C11H20O4. The van der Waals surface area contributed by atoms with Crippen LogP contribution in [0.2, 0.25) is 0 Å². The lowest BCUT2D eigenvalue weighted by Gasteiger charge is -2.19. The molecule has 0 radical (unpaired) electrons. The van der Waals surface area contributed by atoms with Crippen LogP contribution in [0.15, 0.2) is 12.2 Å². The summed E-state index contributed by atoms with van der Waals surface area (Å²) in [6.45, 7) is 8.95. The van der Waals surface area contributed by atoms with Crippen LogP contribution in [-0.4, -0.2) is 36.5 Å². The van der Waals surface area contributed by atoms with Gasteiger partial charge >= 0.3 is 5.97 Å². The highest BCUT2D eigenvalue weighted by atomic mass is 16.6. The third-order valence-electron chi connectivity index (χ3n) is 1.88. The quantitative estimate of drug-likeness (QED) is 0.514. The van der Waals surface area contributed by atoms with Gasteiger partial charge in [-0.2, -0.15) is 0 Å². The number of aliphatic hydroxyl groups excluding tert-OH is 1. The molecule has 0 aliphatic rings. The Hall–Kier alpha value is -0.870. The molecule has 88 valence electrons. The van der Waals surface area contributed by atoms with Crippen LogP contribution in [0, 0.1) is 0 Å². The summed E-state index contributed by atoms with van der Waals surface area (Å²) < 4.78 is 10.3. The van der Waals surface area contributed by atoms with Gasteiger partial charge in [0, 0.05) is 5.57 Å². The number of hydrogen-bond donors (Lipinski definition) is 1. The molecule has 0 aromatic heterocycles. The lowest BCUT2D eigenvalue weighted by atomic mass is 10.3. The van der Waals surface area contributed by atoms with Crippen molar-refractivity contribution < 1.29 is 19.4 Å². The third-order valence-corrected chi connectivity index (χ3v) is 1.88. The normalized spacial score (nSPS) is 14.4. The second-order valence-corrected chi connectivity index (χ2v) is 3.54. The number of hydrogen-bond acceptors (Lipinski definition) is 4. The summed E-state index contributed by atoms with van der Waals surface area (Å²) >= 11 is 0. The Labute approximate surface area is 90.9 Å². The van der Waals surface area contributed by atoms with Gasteiger partial charge in [0.2, 0.25) is 0 Å². The molecule has 0 amide bonds. The number of rotatable bonds is 7. The van der Waals surface area contributed by atoms with E-state index in [1.165, 1.54) is 0 Å². The molecule has 0 spiro atoms. The molecule has 4 nitrogen and oxygen atoms in total. The third kappa shape index (κ3) is 6.25. The predicted molar refractivity (Wildman–Crippen MR) is 57.5 cm³/mol. The van der Waals surface area contributed by atoms with Gasteiger partial charge in [-0.3, -0.25) is 0 Å². The Balaban J connectivity index is 3.78. The molecule has 0 saturated heterocycles. The van der Waals surface area contributed by atoms with E-state index in [1.807, 2.05) is 6.92 Å². The second kappa shape index (κ2) is 7.43. The molecule has 0 fully saturated rings. The van der Waals surface area contributed by atoms with Crippen molar-refractivity contribution in [3.8, 4) is 0 Å². The predicted octanol–water partition coefficient (Wildman–Crippen LogP) is 1.28. The van der Waals surface area contributed by atoms with E-state index in [2.05, 4.69) is 6.58 Å². The SMILES string of the molecule is C=C(C)C(=O)OCC(C)OC(CC)CO. The van der Waals surface area contributed by atoms with Gasteiger partial charge < -0.3 is 14.6 Å². The van der Waals surface area contributed by atoms with Crippen LogP contribution in [0.1, 0.15) is 27.2 Å². The van der Waals surface area contributed by atoms with Gasteiger partial charge in [0.05, 0.1) is 18.8 Å². The van der Waals surface area contributed by atoms with E-state index in [9.17, 15) is 4.79 Å². The summed E-state index contributed by atoms with van der Waals surface area (Å²) in [5.41, 5.74) is 0.372. The van der Waals surface area contributed by atoms with E-state index in [0.717, 1.165) is 6.42 Å². The lowest BCUT2D eigenvalue weighted by molar-refractivity contribution is -0.145. The van der Waals surface area contributed by atoms with Gasteiger partial charge in [0.1, 0.15) is 6.61 Å². The minimum absolute atomic E-state index is 0.0186. The zero-order chi connectivity index (χ0) is 11.8. The molecule has 0 bridgehead atoms. The highest BCUT2D eigenvalue weighted by Crippen LogP contribution is 2.03. The molecule has 1 N–H and O–H groups in total. The summed E-state index contributed by atoms with van der Waals surface area (Å²) in [4.78, 5) is 11.0. The molecule has 15 heavy (non-hydrogen) atoms. The first-order chi connectivity index (χ1) is 7.01. The van der Waals surface area contributed by atoms with Crippen molar-refractivity contribution in [1.82, 2.24) is 0 Å². The molecule has 0 heterocycles. The van der Waals surface area contributed by atoms with Gasteiger partial charge in [-0.15, -0.1) is 0 Å². The summed E-state index contributed by atoms with van der Waals surface area (Å²) in [6.07, 6.45) is 0.323. The zero-order valence-electron chi connectivity index (χ0n) is 9.66. The standard InChI is InChI=1S/C11H20O4/c1-5-10(6-12)15-9(4)7-14-11(13)8(2)3/h9-10,12H,2,5-7H2,1,3-4H3. The van der Waals surface area contributed by atoms with Gasteiger partial charge in [0.15, 0.2) is 0 Å². The molecule has 0 aliphatic heterocycles. The van der Waals surface area contributed by atoms with Gasteiger partial charge in [0.25, 0.3) is 0 Å². The Bertz CT molecular complexity index is 209. The van der Waals surface area contributed by atoms with Crippen molar-refractivity contribution in [2.24, 2.45) is 0 Å². The molecule has 0 saturated carbocycles. The maximum absolute atomic E-state index is 11.0. The molecule has 4 heteroatoms. The lowest BCUT2D eigenvalue weighted by Crippen LogP contribution is -2.27. The maximum Gasteiger partial charge on any atom is 0.333 e. The van der Waals surface area contributed by atoms with Crippen LogP contribution in [0.25, 0.3) is 0 Å². The van der Waals surface area contributed by atoms with Gasteiger partial charge in [-0.1, -0.05) is 13.5 Å². The molecule has 0 rings (SSSR count). The second-order valence-electron chi connectivity index (χ2n) is 3.54. The van der Waals surface area contributed by atoms with Crippen molar-refractivity contribution in [2.45, 2.75) is 39.4 Å². The van der Waals surface area contributed by atoms with Crippen LogP contribution in [0.4, 0.5) is 0 Å². The average molecular weight is 216 g/mol. The highest BCUT2D eigenvalue weighted by molar-refractivity contribution is 5.86. The summed E-state index contributed by atoms with van der Waals surface area (Å²) in [5, 5.41) is 8.89. The number of aliphatic hydroxyl groups is 1. The largest absolute Gasteiger partial charge is 0.460 e. The fourth-order valence-corrected chi connectivity index (χ4v) is 0.952. The fraction of sp³-hybridized carbons (Fsp3) is 0.727. The fourth-order valence-electron chi connectivity index (χ4n) is 0.952. The number of carbonyl (C=O) groups excluding carboxylic acids is 1. The van der Waals surface area contributed by atoms with Crippen LogP contribution in [0.5, 0.6) is 0 Å². The molecule has 0 aromatic rings. The minimum atomic E-state index is -0.414. The number of ether oxygens (including phenoxy) is 2. The highest BCUT2D eigenvalue weighted by Gasteiger charge is 2.12. The van der Waals surface area contributed by atoms with Gasteiger partial charge in [-0.25, -0.2) is 4.79 Å². The van der Waals surface area contributed by atoms with Crippen LogP contribution in [-0.2, 0) is 14.3 Å². The zero-order valence-corrected chi connectivity index (χ0v) is 9.66. The van der Waals surface area contributed by atoms with E-state index in [1.54, 1.807) is 13.8 Å². The Morgan fingerprint density at radius 3 is 2.53 bits per heavy atom. The molecule has 2 unspecified atom stereocenters. The summed E-state index contributed by atoms with van der Waals surface area (Å²) in [7, 11) is 0. The van der Waals surface area contributed by atoms with Crippen LogP contribution in [0.3, 0.4) is 0 Å². The number of carbonyl (C=O) groups is 1. The van der Waals surface area contributed by atoms with E-state index in [4.69, 9.17) is 14.6 Å². The van der Waals surface area contributed by atoms with E-state index in [0.29, 0.717) is 5.57 Å². The van der Waals surface area contributed by atoms with Crippen molar-refractivity contribution in [3.05, 3.63) is 12.2 Å². The van der Waals surface area contributed by atoms with Crippen LogP contribution < -0.4 is 0 Å². The Morgan fingerprint density at radius 1 is 1.53 bits per heavy atom. The smallest absolute Gasteiger partial charge is 0.333 e. The summed E-state index contributed by atoms with van der Waals surface area (Å²) in [5.74, 6) is -0.414. The number of esters is 1. The molecule has 2 atom stereocenters. The van der Waals surface area contributed by atoms with Crippen molar-refractivity contribution in [3.63, 3.8) is 0 Å². The van der Waals surface area contributed by atoms with Crippen molar-refractivity contribution in [1.29, 1.82) is 0 Å².